The molecule has 0 amide bonds. The molecule has 0 N–H and O–H groups in total. The topological polar surface area (TPSA) is 0 Å². The van der Waals surface area contributed by atoms with Crippen molar-refractivity contribution in [1.29, 1.82) is 0 Å². The summed E-state index contributed by atoms with van der Waals surface area (Å²) in [5, 5.41) is 0. The number of halogens is 3. The number of rotatable bonds is 2. The molecule has 98 valence electrons. The highest BCUT2D eigenvalue weighted by atomic mass is 79.9. The molecule has 0 saturated heterocycles. The van der Waals surface area contributed by atoms with Crippen LogP contribution in [0.25, 0.3) is 0 Å². The Morgan fingerprint density at radius 3 is 1.37 bits per heavy atom. The predicted molar refractivity (Wildman–Crippen MR) is 91.0 cm³/mol. The summed E-state index contributed by atoms with van der Waals surface area (Å²) >= 11 is 10.9. The monoisotopic (exact) mass is 442 g/mol. The van der Waals surface area contributed by atoms with Crippen LogP contribution in [0.2, 0.25) is 0 Å². The summed E-state index contributed by atoms with van der Waals surface area (Å²) in [5.41, 5.74) is 2.84. The molecule has 19 heavy (non-hydrogen) atoms. The first kappa shape index (κ1) is 13.8. The van der Waals surface area contributed by atoms with Gasteiger partial charge in [0.05, 0.1) is 0 Å². The zero-order valence-corrected chi connectivity index (χ0v) is 15.2. The van der Waals surface area contributed by atoms with Crippen molar-refractivity contribution >= 4 is 47.8 Å². The van der Waals surface area contributed by atoms with Crippen molar-refractivity contribution in [2.24, 2.45) is 0 Å². The van der Waals surface area contributed by atoms with Gasteiger partial charge in [0, 0.05) is 18.7 Å². The van der Waals surface area contributed by atoms with Crippen LogP contribution in [0, 0.1) is 0 Å². The van der Waals surface area contributed by atoms with Gasteiger partial charge < -0.3 is 0 Å². The van der Waals surface area contributed by atoms with E-state index in [0.717, 1.165) is 15.4 Å². The normalized spacial score (nSPS) is 24.2. The second-order valence-electron chi connectivity index (χ2n) is 5.29. The SMILES string of the molecule is CC1(Br)CC1(c1ccc(Br)cc1)c1ccc(Br)cc1. The maximum atomic E-state index is 3.90. The first-order chi connectivity index (χ1) is 8.96. The van der Waals surface area contributed by atoms with Crippen molar-refractivity contribution in [2.75, 3.05) is 0 Å². The molecule has 3 rings (SSSR count). The van der Waals surface area contributed by atoms with Gasteiger partial charge in [0.15, 0.2) is 0 Å². The van der Waals surface area contributed by atoms with E-state index in [9.17, 15) is 0 Å². The maximum absolute atomic E-state index is 3.90. The number of hydrogen-bond acceptors (Lipinski definition) is 0. The number of alkyl halides is 1. The largest absolute Gasteiger partial charge is 0.0842 e. The summed E-state index contributed by atoms with van der Waals surface area (Å²) in [4.78, 5) is 0. The molecule has 0 nitrogen and oxygen atoms in total. The second-order valence-corrected chi connectivity index (χ2v) is 8.87. The van der Waals surface area contributed by atoms with E-state index in [4.69, 9.17) is 0 Å². The van der Waals surface area contributed by atoms with Crippen LogP contribution in [-0.4, -0.2) is 4.32 Å². The van der Waals surface area contributed by atoms with E-state index < -0.39 is 0 Å². The van der Waals surface area contributed by atoms with Gasteiger partial charge in [0.1, 0.15) is 0 Å². The molecule has 0 heterocycles. The molecule has 0 radical (unpaired) electrons. The van der Waals surface area contributed by atoms with Gasteiger partial charge in [-0.05, 0) is 48.7 Å². The zero-order chi connectivity index (χ0) is 13.7. The fourth-order valence-electron chi connectivity index (χ4n) is 2.90. The van der Waals surface area contributed by atoms with E-state index in [0.29, 0.717) is 0 Å². The molecular formula is C16H13Br3. The summed E-state index contributed by atoms with van der Waals surface area (Å²) < 4.78 is 2.39. The van der Waals surface area contributed by atoms with Crippen molar-refractivity contribution in [3.05, 3.63) is 68.6 Å². The lowest BCUT2D eigenvalue weighted by Gasteiger charge is -2.21. The molecule has 1 atom stereocenters. The predicted octanol–water partition coefficient (Wildman–Crippen LogP) is 6.06. The zero-order valence-electron chi connectivity index (χ0n) is 10.5. The van der Waals surface area contributed by atoms with Gasteiger partial charge in [0.2, 0.25) is 0 Å². The molecule has 1 fully saturated rings. The van der Waals surface area contributed by atoms with Gasteiger partial charge in [-0.15, -0.1) is 0 Å². The first-order valence-electron chi connectivity index (χ1n) is 6.17. The molecule has 0 aliphatic heterocycles. The van der Waals surface area contributed by atoms with Crippen LogP contribution in [0.5, 0.6) is 0 Å². The summed E-state index contributed by atoms with van der Waals surface area (Å²) in [7, 11) is 0. The molecule has 0 aromatic heterocycles. The van der Waals surface area contributed by atoms with Crippen molar-refractivity contribution in [3.8, 4) is 0 Å². The van der Waals surface area contributed by atoms with Crippen molar-refractivity contribution in [2.45, 2.75) is 23.1 Å². The first-order valence-corrected chi connectivity index (χ1v) is 8.55. The number of hydrogen-bond donors (Lipinski definition) is 0. The van der Waals surface area contributed by atoms with Crippen LogP contribution < -0.4 is 0 Å². The van der Waals surface area contributed by atoms with E-state index in [-0.39, 0.29) is 9.74 Å². The van der Waals surface area contributed by atoms with Crippen LogP contribution in [-0.2, 0) is 5.41 Å². The van der Waals surface area contributed by atoms with Crippen LogP contribution in [0.3, 0.4) is 0 Å². The third-order valence-corrected chi connectivity index (χ3v) is 6.05. The second kappa shape index (κ2) is 4.71. The van der Waals surface area contributed by atoms with Gasteiger partial charge >= 0.3 is 0 Å². The molecular weight excluding hydrogens is 432 g/mol. The smallest absolute Gasteiger partial charge is 0.0379 e. The Kier molecular flexibility index (Phi) is 3.43. The molecule has 1 saturated carbocycles. The van der Waals surface area contributed by atoms with Crippen LogP contribution in [0.1, 0.15) is 24.5 Å². The van der Waals surface area contributed by atoms with E-state index in [1.807, 2.05) is 0 Å². The average molecular weight is 445 g/mol. The van der Waals surface area contributed by atoms with Crippen LogP contribution in [0.4, 0.5) is 0 Å². The minimum atomic E-state index is 0.0917. The molecule has 1 unspecified atom stereocenters. The average Bonchev–Trinajstić information content (AvgIpc) is 2.95. The standard InChI is InChI=1S/C16H13Br3/c1-15(19)10-16(15,11-2-6-13(17)7-3-11)12-4-8-14(18)9-5-12/h2-9H,10H2,1H3. The Hall–Kier alpha value is -0.120. The molecule has 1 aliphatic rings. The Morgan fingerprint density at radius 1 is 0.789 bits per heavy atom. The van der Waals surface area contributed by atoms with Crippen molar-refractivity contribution in [3.63, 3.8) is 0 Å². The van der Waals surface area contributed by atoms with E-state index in [2.05, 4.69) is 103 Å². The van der Waals surface area contributed by atoms with Crippen LogP contribution in [0.15, 0.2) is 57.5 Å². The van der Waals surface area contributed by atoms with Gasteiger partial charge in [0.25, 0.3) is 0 Å². The summed E-state index contributed by atoms with van der Waals surface area (Å²) in [5.74, 6) is 0. The fourth-order valence-corrected chi connectivity index (χ4v) is 4.30. The Labute approximate surface area is 139 Å². The molecule has 1 aliphatic carbocycles. The summed E-state index contributed by atoms with van der Waals surface area (Å²) in [6.07, 6.45) is 1.13. The highest BCUT2D eigenvalue weighted by Crippen LogP contribution is 2.66. The highest BCUT2D eigenvalue weighted by molar-refractivity contribution is 9.11. The van der Waals surface area contributed by atoms with Gasteiger partial charge in [-0.3, -0.25) is 0 Å². The lowest BCUT2D eigenvalue weighted by atomic mass is 9.86. The molecule has 0 spiro atoms. The quantitative estimate of drug-likeness (QED) is 0.494. The summed E-state index contributed by atoms with van der Waals surface area (Å²) in [6.45, 7) is 2.27. The lowest BCUT2D eigenvalue weighted by Crippen LogP contribution is -2.17. The Bertz CT molecular complexity index is 551. The lowest BCUT2D eigenvalue weighted by molar-refractivity contribution is 0.788. The van der Waals surface area contributed by atoms with Gasteiger partial charge in [-0.2, -0.15) is 0 Å². The van der Waals surface area contributed by atoms with Gasteiger partial charge in [-0.25, -0.2) is 0 Å². The van der Waals surface area contributed by atoms with Crippen LogP contribution >= 0.6 is 47.8 Å². The highest BCUT2D eigenvalue weighted by Gasteiger charge is 2.64. The third-order valence-electron chi connectivity index (χ3n) is 4.04. The molecule has 3 heteroatoms. The van der Waals surface area contributed by atoms with E-state index in [1.54, 1.807) is 0 Å². The van der Waals surface area contributed by atoms with E-state index >= 15 is 0 Å². The van der Waals surface area contributed by atoms with Gasteiger partial charge in [-0.1, -0.05) is 72.1 Å². The van der Waals surface area contributed by atoms with E-state index in [1.165, 1.54) is 11.1 Å². The van der Waals surface area contributed by atoms with Crippen molar-refractivity contribution < 1.29 is 0 Å². The molecule has 2 aromatic carbocycles. The Morgan fingerprint density at radius 2 is 1.11 bits per heavy atom. The third kappa shape index (κ3) is 2.24. The van der Waals surface area contributed by atoms with Crippen molar-refractivity contribution in [1.82, 2.24) is 0 Å². The Balaban J connectivity index is 2.11. The summed E-state index contributed by atoms with van der Waals surface area (Å²) in [6, 6.07) is 17.4. The minimum Gasteiger partial charge on any atom is -0.0842 e. The minimum absolute atomic E-state index is 0.0917. The molecule has 0 bridgehead atoms. The fraction of sp³-hybridized carbons (Fsp3) is 0.250. The maximum Gasteiger partial charge on any atom is 0.0379 e. The molecule has 2 aromatic rings. The number of benzene rings is 2.